The maximum Gasteiger partial charge on any atom is 0.356 e. The molecule has 0 amide bonds. The van der Waals surface area contributed by atoms with Gasteiger partial charge in [0.1, 0.15) is 22.5 Å². The number of rotatable bonds is 3. The van der Waals surface area contributed by atoms with Crippen molar-refractivity contribution in [3.05, 3.63) is 45.7 Å². The second-order valence-electron chi connectivity index (χ2n) is 5.11. The minimum atomic E-state index is -1.43. The number of hydrogen-bond acceptors (Lipinski definition) is 4. The number of carboxylic acid groups (broad SMARTS) is 1. The molecule has 0 aliphatic carbocycles. The molecule has 124 valence electrons. The summed E-state index contributed by atoms with van der Waals surface area (Å²) < 4.78 is 30.7. The summed E-state index contributed by atoms with van der Waals surface area (Å²) in [5.41, 5.74) is -0.469. The van der Waals surface area contributed by atoms with Gasteiger partial charge < -0.3 is 10.4 Å². The van der Waals surface area contributed by atoms with E-state index < -0.39 is 29.0 Å². The van der Waals surface area contributed by atoms with Crippen LogP contribution in [0.15, 0.2) is 22.7 Å². The number of aryl methyl sites for hydroxylation is 2. The van der Waals surface area contributed by atoms with Crippen LogP contribution in [0.5, 0.6) is 0 Å². The first kappa shape index (κ1) is 16.3. The fraction of sp³-hybridized carbons (Fsp3) is 0.133. The minimum absolute atomic E-state index is 0.0756. The summed E-state index contributed by atoms with van der Waals surface area (Å²) in [7, 11) is 1.60. The average Bonchev–Trinajstić information content (AvgIpc) is 2.80. The zero-order chi connectivity index (χ0) is 17.6. The molecular weight excluding hydrogens is 386 g/mol. The number of pyridine rings is 1. The monoisotopic (exact) mass is 396 g/mol. The molecule has 2 heterocycles. The van der Waals surface area contributed by atoms with E-state index in [0.717, 1.165) is 0 Å². The van der Waals surface area contributed by atoms with Crippen molar-refractivity contribution in [2.45, 2.75) is 6.92 Å². The Morgan fingerprint density at radius 3 is 2.67 bits per heavy atom. The van der Waals surface area contributed by atoms with Crippen molar-refractivity contribution in [3.63, 3.8) is 0 Å². The van der Waals surface area contributed by atoms with Crippen LogP contribution >= 0.6 is 15.9 Å². The Morgan fingerprint density at radius 1 is 1.33 bits per heavy atom. The number of carboxylic acids is 1. The molecule has 2 aromatic heterocycles. The van der Waals surface area contributed by atoms with E-state index in [-0.39, 0.29) is 16.7 Å². The van der Waals surface area contributed by atoms with E-state index in [0.29, 0.717) is 10.2 Å². The molecule has 0 fully saturated rings. The molecule has 0 bridgehead atoms. The number of aromatic carboxylic acids is 1. The minimum Gasteiger partial charge on any atom is -0.476 e. The lowest BCUT2D eigenvalue weighted by molar-refractivity contribution is 0.0691. The Balaban J connectivity index is 2.24. The number of halogens is 3. The lowest BCUT2D eigenvalue weighted by atomic mass is 10.2. The van der Waals surface area contributed by atoms with Gasteiger partial charge in [0, 0.05) is 11.5 Å². The molecule has 0 radical (unpaired) electrons. The molecule has 0 atom stereocenters. The van der Waals surface area contributed by atoms with Gasteiger partial charge in [-0.3, -0.25) is 4.68 Å². The van der Waals surface area contributed by atoms with Crippen molar-refractivity contribution in [3.8, 4) is 0 Å². The second-order valence-corrected chi connectivity index (χ2v) is 6.03. The van der Waals surface area contributed by atoms with Crippen molar-refractivity contribution < 1.29 is 18.7 Å². The average molecular weight is 397 g/mol. The van der Waals surface area contributed by atoms with Crippen LogP contribution in [0.3, 0.4) is 0 Å². The predicted octanol–water partition coefficient (Wildman–Crippen LogP) is 3.76. The van der Waals surface area contributed by atoms with Gasteiger partial charge in [-0.05, 0) is 25.1 Å². The van der Waals surface area contributed by atoms with Gasteiger partial charge >= 0.3 is 5.97 Å². The molecular formula is C15H11BrF2N4O2. The van der Waals surface area contributed by atoms with Gasteiger partial charge in [0.15, 0.2) is 11.5 Å². The maximum absolute atomic E-state index is 14.8. The van der Waals surface area contributed by atoms with E-state index in [9.17, 15) is 18.7 Å². The van der Waals surface area contributed by atoms with Gasteiger partial charge in [-0.1, -0.05) is 15.9 Å². The summed E-state index contributed by atoms with van der Waals surface area (Å²) in [4.78, 5) is 15.4. The lowest BCUT2D eigenvalue weighted by Gasteiger charge is -2.11. The standard InChI is InChI=1S/C15H11BrF2N4O2/c1-6-11-13(21-22(6)2)10(18)12(14(20-11)15(23)24)19-9-4-3-7(16)5-8(9)17/h3-5,19H,1-2H3,(H,23,24). The molecule has 0 unspecified atom stereocenters. The van der Waals surface area contributed by atoms with E-state index in [4.69, 9.17) is 0 Å². The summed E-state index contributed by atoms with van der Waals surface area (Å²) in [6.07, 6.45) is 0. The van der Waals surface area contributed by atoms with Gasteiger partial charge in [-0.15, -0.1) is 0 Å². The van der Waals surface area contributed by atoms with Crippen LogP contribution in [0.2, 0.25) is 0 Å². The van der Waals surface area contributed by atoms with E-state index in [2.05, 4.69) is 31.3 Å². The number of aromatic nitrogens is 3. The third kappa shape index (κ3) is 2.60. The molecule has 9 heteroatoms. The summed E-state index contributed by atoms with van der Waals surface area (Å²) in [6.45, 7) is 1.65. The predicted molar refractivity (Wildman–Crippen MR) is 87.5 cm³/mol. The van der Waals surface area contributed by atoms with Crippen molar-refractivity contribution in [2.75, 3.05) is 5.32 Å². The van der Waals surface area contributed by atoms with Crippen LogP contribution in [-0.2, 0) is 7.05 Å². The molecule has 2 N–H and O–H groups in total. The van der Waals surface area contributed by atoms with Crippen LogP contribution in [0.4, 0.5) is 20.2 Å². The third-order valence-electron chi connectivity index (χ3n) is 3.58. The van der Waals surface area contributed by atoms with Crippen LogP contribution in [-0.4, -0.2) is 25.8 Å². The van der Waals surface area contributed by atoms with Crippen molar-refractivity contribution in [1.29, 1.82) is 0 Å². The fourth-order valence-electron chi connectivity index (χ4n) is 2.26. The van der Waals surface area contributed by atoms with E-state index in [1.807, 2.05) is 0 Å². The van der Waals surface area contributed by atoms with Crippen LogP contribution < -0.4 is 5.32 Å². The SMILES string of the molecule is Cc1c2nc(C(=O)O)c(Nc3ccc(Br)cc3F)c(F)c2nn1C. The van der Waals surface area contributed by atoms with Crippen molar-refractivity contribution in [1.82, 2.24) is 14.8 Å². The number of hydrogen-bond donors (Lipinski definition) is 2. The van der Waals surface area contributed by atoms with Crippen molar-refractivity contribution >= 4 is 44.3 Å². The van der Waals surface area contributed by atoms with Gasteiger partial charge in [0.05, 0.1) is 11.4 Å². The first-order chi connectivity index (χ1) is 11.3. The first-order valence-electron chi connectivity index (χ1n) is 6.77. The third-order valence-corrected chi connectivity index (χ3v) is 4.08. The summed E-state index contributed by atoms with van der Waals surface area (Å²) >= 11 is 3.12. The second kappa shape index (κ2) is 5.82. The molecule has 0 spiro atoms. The van der Waals surface area contributed by atoms with Crippen LogP contribution in [0.1, 0.15) is 16.2 Å². The Labute approximate surface area is 143 Å². The highest BCUT2D eigenvalue weighted by molar-refractivity contribution is 9.10. The summed E-state index contributed by atoms with van der Waals surface area (Å²) in [5, 5.41) is 15.8. The largest absolute Gasteiger partial charge is 0.476 e. The number of fused-ring (bicyclic) bond motifs is 1. The molecule has 3 aromatic rings. The Morgan fingerprint density at radius 2 is 2.04 bits per heavy atom. The number of nitrogens with one attached hydrogen (secondary N) is 1. The lowest BCUT2D eigenvalue weighted by Crippen LogP contribution is -2.09. The quantitative estimate of drug-likeness (QED) is 0.704. The number of anilines is 2. The highest BCUT2D eigenvalue weighted by Crippen LogP contribution is 2.31. The normalized spacial score (nSPS) is 11.0. The Hall–Kier alpha value is -2.55. The molecule has 0 aliphatic rings. The van der Waals surface area contributed by atoms with Gasteiger partial charge in [-0.25, -0.2) is 18.6 Å². The Bertz CT molecular complexity index is 987. The zero-order valence-corrected chi connectivity index (χ0v) is 14.1. The number of carbonyl (C=O) groups is 1. The van der Waals surface area contributed by atoms with E-state index >= 15 is 0 Å². The molecule has 1 aromatic carbocycles. The van der Waals surface area contributed by atoms with Gasteiger partial charge in [-0.2, -0.15) is 5.10 Å². The molecule has 3 rings (SSSR count). The van der Waals surface area contributed by atoms with Crippen LogP contribution in [0, 0.1) is 18.6 Å². The topological polar surface area (TPSA) is 80.0 Å². The van der Waals surface area contributed by atoms with E-state index in [1.54, 1.807) is 20.0 Å². The first-order valence-corrected chi connectivity index (χ1v) is 7.57. The molecule has 24 heavy (non-hydrogen) atoms. The van der Waals surface area contributed by atoms with Gasteiger partial charge in [0.2, 0.25) is 0 Å². The molecule has 0 saturated heterocycles. The fourth-order valence-corrected chi connectivity index (χ4v) is 2.60. The highest BCUT2D eigenvalue weighted by atomic mass is 79.9. The van der Waals surface area contributed by atoms with Gasteiger partial charge in [0.25, 0.3) is 0 Å². The summed E-state index contributed by atoms with van der Waals surface area (Å²) in [6, 6.07) is 4.08. The van der Waals surface area contributed by atoms with E-state index in [1.165, 1.54) is 16.8 Å². The summed E-state index contributed by atoms with van der Waals surface area (Å²) in [5.74, 6) is -3.00. The number of nitrogens with zero attached hydrogens (tertiary/aromatic N) is 3. The smallest absolute Gasteiger partial charge is 0.356 e. The highest BCUT2D eigenvalue weighted by Gasteiger charge is 2.24. The molecule has 0 aliphatic heterocycles. The zero-order valence-electron chi connectivity index (χ0n) is 12.6. The molecule has 6 nitrogen and oxygen atoms in total. The maximum atomic E-state index is 14.8. The van der Waals surface area contributed by atoms with Crippen LogP contribution in [0.25, 0.3) is 11.0 Å². The molecule has 0 saturated carbocycles. The van der Waals surface area contributed by atoms with Crippen molar-refractivity contribution in [2.24, 2.45) is 7.05 Å². The number of benzene rings is 1. The Kier molecular flexibility index (Phi) is 3.96.